The smallest absolute Gasteiger partial charge is 0.418 e. The van der Waals surface area contributed by atoms with E-state index in [-0.39, 0.29) is 18.3 Å². The Morgan fingerprint density at radius 2 is 2.00 bits per heavy atom. The van der Waals surface area contributed by atoms with E-state index < -0.39 is 17.8 Å². The van der Waals surface area contributed by atoms with Gasteiger partial charge in [0.05, 0.1) is 23.5 Å². The van der Waals surface area contributed by atoms with E-state index in [0.717, 1.165) is 6.07 Å². The lowest BCUT2D eigenvalue weighted by Gasteiger charge is -2.33. The minimum atomic E-state index is -4.57. The van der Waals surface area contributed by atoms with Crippen molar-refractivity contribution >= 4 is 29.0 Å². The number of carbonyl (C=O) groups is 1. The van der Waals surface area contributed by atoms with Crippen LogP contribution in [-0.2, 0) is 6.18 Å². The lowest BCUT2D eigenvalue weighted by atomic mass is 10.1. The Balaban J connectivity index is 1.92. The van der Waals surface area contributed by atoms with Crippen molar-refractivity contribution in [2.75, 3.05) is 16.8 Å². The molecule has 0 fully saturated rings. The van der Waals surface area contributed by atoms with Gasteiger partial charge in [-0.05, 0) is 37.3 Å². The summed E-state index contributed by atoms with van der Waals surface area (Å²) in [6, 6.07) is 8.92. The number of anilines is 2. The number of amides is 2. The normalized spacial score (nSPS) is 16.8. The Morgan fingerprint density at radius 3 is 2.72 bits per heavy atom. The molecule has 2 aromatic rings. The predicted octanol–water partition coefficient (Wildman–Crippen LogP) is 5.18. The van der Waals surface area contributed by atoms with Crippen LogP contribution < -0.4 is 15.0 Å². The number of halogens is 4. The van der Waals surface area contributed by atoms with Crippen LogP contribution in [0, 0.1) is 0 Å². The van der Waals surface area contributed by atoms with Crippen LogP contribution in [0.2, 0.25) is 5.02 Å². The molecule has 8 heteroatoms. The number of rotatable bonds is 1. The van der Waals surface area contributed by atoms with E-state index in [1.807, 2.05) is 0 Å². The molecule has 0 aliphatic carbocycles. The van der Waals surface area contributed by atoms with Crippen molar-refractivity contribution in [3.05, 3.63) is 53.1 Å². The number of nitrogens with one attached hydrogen (secondary N) is 1. The quantitative estimate of drug-likeness (QED) is 0.751. The number of hydrogen-bond donors (Lipinski definition) is 1. The zero-order valence-corrected chi connectivity index (χ0v) is 13.9. The molecule has 1 aliphatic heterocycles. The summed E-state index contributed by atoms with van der Waals surface area (Å²) >= 11 is 5.97. The molecule has 132 valence electrons. The molecular weight excluding hydrogens is 357 g/mol. The molecule has 0 aromatic heterocycles. The van der Waals surface area contributed by atoms with Crippen LogP contribution in [0.15, 0.2) is 42.5 Å². The van der Waals surface area contributed by atoms with Crippen LogP contribution in [0.4, 0.5) is 29.3 Å². The molecule has 0 bridgehead atoms. The van der Waals surface area contributed by atoms with Gasteiger partial charge < -0.3 is 10.1 Å². The van der Waals surface area contributed by atoms with Crippen molar-refractivity contribution in [2.24, 2.45) is 0 Å². The molecule has 2 amide bonds. The van der Waals surface area contributed by atoms with Crippen LogP contribution >= 0.6 is 11.6 Å². The maximum atomic E-state index is 13.1. The maximum absolute atomic E-state index is 13.1. The fourth-order valence-electron chi connectivity index (χ4n) is 2.62. The third-order valence-electron chi connectivity index (χ3n) is 3.70. The van der Waals surface area contributed by atoms with Crippen molar-refractivity contribution in [1.29, 1.82) is 0 Å². The zero-order chi connectivity index (χ0) is 18.2. The third kappa shape index (κ3) is 3.66. The summed E-state index contributed by atoms with van der Waals surface area (Å²) in [5, 5.41) is 2.73. The fourth-order valence-corrected chi connectivity index (χ4v) is 2.79. The van der Waals surface area contributed by atoms with E-state index in [2.05, 4.69) is 5.32 Å². The lowest BCUT2D eigenvalue weighted by molar-refractivity contribution is -0.136. The van der Waals surface area contributed by atoms with Gasteiger partial charge in [-0.2, -0.15) is 13.2 Å². The minimum absolute atomic E-state index is 0.188. The molecule has 3 rings (SSSR count). The van der Waals surface area contributed by atoms with E-state index in [1.54, 1.807) is 19.1 Å². The Bertz CT molecular complexity index is 811. The largest absolute Gasteiger partial charge is 0.487 e. The van der Waals surface area contributed by atoms with Gasteiger partial charge in [-0.25, -0.2) is 4.79 Å². The summed E-state index contributed by atoms with van der Waals surface area (Å²) < 4.78 is 44.9. The monoisotopic (exact) mass is 370 g/mol. The van der Waals surface area contributed by atoms with E-state index in [1.165, 1.54) is 29.2 Å². The first-order chi connectivity index (χ1) is 11.8. The zero-order valence-electron chi connectivity index (χ0n) is 13.1. The average molecular weight is 371 g/mol. The second kappa shape index (κ2) is 6.48. The molecule has 1 N–H and O–H groups in total. The van der Waals surface area contributed by atoms with Gasteiger partial charge in [-0.3, -0.25) is 4.90 Å². The second-order valence-corrected chi connectivity index (χ2v) is 6.06. The number of para-hydroxylation sites is 1. The third-order valence-corrected chi connectivity index (χ3v) is 3.93. The SMILES string of the molecule is C[C@H]1CN(C(=O)Nc2ccccc2C(F)(F)F)c2cc(Cl)ccc2O1. The number of hydrogen-bond acceptors (Lipinski definition) is 2. The summed E-state index contributed by atoms with van der Waals surface area (Å²) in [5.41, 5.74) is -0.800. The molecule has 4 nitrogen and oxygen atoms in total. The second-order valence-electron chi connectivity index (χ2n) is 5.62. The summed E-state index contributed by atoms with van der Waals surface area (Å²) in [7, 11) is 0. The fraction of sp³-hybridized carbons (Fsp3) is 0.235. The van der Waals surface area contributed by atoms with E-state index in [0.29, 0.717) is 16.5 Å². The highest BCUT2D eigenvalue weighted by Gasteiger charge is 2.35. The molecule has 1 atom stereocenters. The molecule has 1 aliphatic rings. The minimum Gasteiger partial charge on any atom is -0.487 e. The summed E-state index contributed by atoms with van der Waals surface area (Å²) in [5.74, 6) is 0.447. The van der Waals surface area contributed by atoms with Crippen molar-refractivity contribution in [3.8, 4) is 5.75 Å². The molecule has 0 spiro atoms. The van der Waals surface area contributed by atoms with Gasteiger partial charge in [0.1, 0.15) is 11.9 Å². The van der Waals surface area contributed by atoms with Crippen molar-refractivity contribution in [2.45, 2.75) is 19.2 Å². The molecule has 2 aromatic carbocycles. The molecule has 0 radical (unpaired) electrons. The van der Waals surface area contributed by atoms with Crippen LogP contribution in [0.5, 0.6) is 5.75 Å². The highest BCUT2D eigenvalue weighted by molar-refractivity contribution is 6.31. The molecule has 0 saturated carbocycles. The van der Waals surface area contributed by atoms with Crippen LogP contribution in [-0.4, -0.2) is 18.7 Å². The van der Waals surface area contributed by atoms with Crippen LogP contribution in [0.3, 0.4) is 0 Å². The van der Waals surface area contributed by atoms with Gasteiger partial charge in [0.2, 0.25) is 0 Å². The summed E-state index contributed by atoms with van der Waals surface area (Å²) in [4.78, 5) is 13.9. The Hall–Kier alpha value is -2.41. The van der Waals surface area contributed by atoms with E-state index in [4.69, 9.17) is 16.3 Å². The highest BCUT2D eigenvalue weighted by atomic mass is 35.5. The predicted molar refractivity (Wildman–Crippen MR) is 89.4 cm³/mol. The Morgan fingerprint density at radius 1 is 1.28 bits per heavy atom. The van der Waals surface area contributed by atoms with Gasteiger partial charge in [0.25, 0.3) is 0 Å². The van der Waals surface area contributed by atoms with Crippen molar-refractivity contribution < 1.29 is 22.7 Å². The van der Waals surface area contributed by atoms with Crippen LogP contribution in [0.25, 0.3) is 0 Å². The van der Waals surface area contributed by atoms with Crippen molar-refractivity contribution in [1.82, 2.24) is 0 Å². The number of carbonyl (C=O) groups excluding carboxylic acids is 1. The standard InChI is InChI=1S/C17H14ClF3N2O2/c1-10-9-23(14-8-11(18)6-7-15(14)25-10)16(24)22-13-5-3-2-4-12(13)17(19,20)21/h2-8,10H,9H2,1H3,(H,22,24)/t10-/m0/s1. The molecule has 0 saturated heterocycles. The lowest BCUT2D eigenvalue weighted by Crippen LogP contribution is -2.44. The Labute approximate surface area is 147 Å². The number of alkyl halides is 3. The first-order valence-electron chi connectivity index (χ1n) is 7.46. The number of nitrogens with zero attached hydrogens (tertiary/aromatic N) is 1. The molecule has 1 heterocycles. The first kappa shape index (κ1) is 17.4. The number of ether oxygens (including phenoxy) is 1. The van der Waals surface area contributed by atoms with E-state index in [9.17, 15) is 18.0 Å². The summed E-state index contributed by atoms with van der Waals surface area (Å²) in [6.45, 7) is 1.95. The van der Waals surface area contributed by atoms with Crippen LogP contribution in [0.1, 0.15) is 12.5 Å². The van der Waals surface area contributed by atoms with Crippen molar-refractivity contribution in [3.63, 3.8) is 0 Å². The molecular formula is C17H14ClF3N2O2. The number of benzene rings is 2. The Kier molecular flexibility index (Phi) is 4.51. The van der Waals surface area contributed by atoms with Gasteiger partial charge in [-0.1, -0.05) is 23.7 Å². The first-order valence-corrected chi connectivity index (χ1v) is 7.84. The van der Waals surface area contributed by atoms with Gasteiger partial charge >= 0.3 is 12.2 Å². The number of urea groups is 1. The van der Waals surface area contributed by atoms with Gasteiger partial charge in [0.15, 0.2) is 0 Å². The van der Waals surface area contributed by atoms with Gasteiger partial charge in [0, 0.05) is 5.02 Å². The average Bonchev–Trinajstić information content (AvgIpc) is 2.54. The summed E-state index contributed by atoms with van der Waals surface area (Å²) in [6.07, 6.45) is -4.87. The molecule has 0 unspecified atom stereocenters. The highest BCUT2D eigenvalue weighted by Crippen LogP contribution is 2.37. The topological polar surface area (TPSA) is 41.6 Å². The maximum Gasteiger partial charge on any atom is 0.418 e. The number of fused-ring (bicyclic) bond motifs is 1. The van der Waals surface area contributed by atoms with E-state index >= 15 is 0 Å². The molecule has 25 heavy (non-hydrogen) atoms. The van der Waals surface area contributed by atoms with Gasteiger partial charge in [-0.15, -0.1) is 0 Å².